The predicted octanol–water partition coefficient (Wildman–Crippen LogP) is 2.49. The molecule has 0 saturated carbocycles. The van der Waals surface area contributed by atoms with Crippen LogP contribution in [0.25, 0.3) is 11.3 Å². The van der Waals surface area contributed by atoms with E-state index < -0.39 is 5.82 Å². The van der Waals surface area contributed by atoms with E-state index in [-0.39, 0.29) is 12.4 Å². The zero-order valence-corrected chi connectivity index (χ0v) is 9.72. The van der Waals surface area contributed by atoms with E-state index in [4.69, 9.17) is 10.00 Å². The fraction of sp³-hybridized carbons (Fsp3) is 0.154. The molecule has 0 radical (unpaired) electrons. The molecular formula is C13H10FN3O. The second-order valence-electron chi connectivity index (χ2n) is 3.63. The summed E-state index contributed by atoms with van der Waals surface area (Å²) in [6, 6.07) is 5.95. The maximum Gasteiger partial charge on any atom is 0.174 e. The minimum absolute atomic E-state index is 0.143. The van der Waals surface area contributed by atoms with Crippen molar-refractivity contribution in [2.24, 2.45) is 0 Å². The van der Waals surface area contributed by atoms with Gasteiger partial charge in [-0.25, -0.2) is 4.39 Å². The number of halogens is 1. The Balaban J connectivity index is 2.43. The van der Waals surface area contributed by atoms with Crippen molar-refractivity contribution in [3.8, 4) is 23.1 Å². The van der Waals surface area contributed by atoms with E-state index in [2.05, 4.69) is 9.97 Å². The van der Waals surface area contributed by atoms with E-state index in [1.54, 1.807) is 18.5 Å². The summed E-state index contributed by atoms with van der Waals surface area (Å²) in [5.74, 6) is -0.138. The number of hydrogen-bond acceptors (Lipinski definition) is 4. The molecule has 5 heteroatoms. The number of hydrogen-bond donors (Lipinski definition) is 0. The van der Waals surface area contributed by atoms with Gasteiger partial charge in [-0.1, -0.05) is 0 Å². The molecule has 2 rings (SSSR count). The minimum Gasteiger partial charge on any atom is -0.478 e. The molecule has 0 saturated heterocycles. The first-order valence-electron chi connectivity index (χ1n) is 5.29. The second-order valence-corrected chi connectivity index (χ2v) is 3.63. The SMILES string of the molecule is Cc1cnc(-c2ccc(F)cc2OCC#N)cn1. The Kier molecular flexibility index (Phi) is 3.49. The first-order valence-corrected chi connectivity index (χ1v) is 5.29. The van der Waals surface area contributed by atoms with Gasteiger partial charge in [0.1, 0.15) is 17.6 Å². The van der Waals surface area contributed by atoms with Crippen LogP contribution in [0.5, 0.6) is 5.75 Å². The van der Waals surface area contributed by atoms with Crippen molar-refractivity contribution < 1.29 is 9.13 Å². The second kappa shape index (κ2) is 5.23. The van der Waals surface area contributed by atoms with E-state index >= 15 is 0 Å². The third kappa shape index (κ3) is 2.61. The highest BCUT2D eigenvalue weighted by Gasteiger charge is 2.09. The zero-order valence-electron chi connectivity index (χ0n) is 9.72. The number of nitrogens with zero attached hydrogens (tertiary/aromatic N) is 3. The summed E-state index contributed by atoms with van der Waals surface area (Å²) in [7, 11) is 0. The molecule has 0 aliphatic carbocycles. The zero-order chi connectivity index (χ0) is 13.0. The summed E-state index contributed by atoms with van der Waals surface area (Å²) in [5.41, 5.74) is 1.98. The lowest BCUT2D eigenvalue weighted by Gasteiger charge is -2.08. The summed E-state index contributed by atoms with van der Waals surface area (Å²) >= 11 is 0. The number of nitriles is 1. The fourth-order valence-corrected chi connectivity index (χ4v) is 1.47. The first-order chi connectivity index (χ1) is 8.70. The van der Waals surface area contributed by atoms with Crippen molar-refractivity contribution in [2.45, 2.75) is 6.92 Å². The van der Waals surface area contributed by atoms with Gasteiger partial charge in [-0.05, 0) is 19.1 Å². The predicted molar refractivity (Wildman–Crippen MR) is 63.3 cm³/mol. The molecule has 0 aliphatic rings. The maximum absolute atomic E-state index is 13.2. The number of aryl methyl sites for hydroxylation is 1. The normalized spacial score (nSPS) is 9.83. The molecule has 0 aliphatic heterocycles. The summed E-state index contributed by atoms with van der Waals surface area (Å²) < 4.78 is 18.3. The van der Waals surface area contributed by atoms with Gasteiger partial charge in [-0.3, -0.25) is 9.97 Å². The topological polar surface area (TPSA) is 58.8 Å². The van der Waals surface area contributed by atoms with Gasteiger partial charge < -0.3 is 4.74 Å². The Hall–Kier alpha value is -2.48. The lowest BCUT2D eigenvalue weighted by molar-refractivity contribution is 0.367. The standard InChI is InChI=1S/C13H10FN3O/c1-9-7-17-12(8-16-9)11-3-2-10(14)6-13(11)18-5-4-15/h2-3,6-8H,5H2,1H3. The lowest BCUT2D eigenvalue weighted by atomic mass is 10.1. The van der Waals surface area contributed by atoms with Gasteiger partial charge in [0.2, 0.25) is 0 Å². The molecular weight excluding hydrogens is 233 g/mol. The van der Waals surface area contributed by atoms with Crippen LogP contribution in [0.2, 0.25) is 0 Å². The lowest BCUT2D eigenvalue weighted by Crippen LogP contribution is -1.98. The quantitative estimate of drug-likeness (QED) is 0.831. The molecule has 18 heavy (non-hydrogen) atoms. The van der Waals surface area contributed by atoms with E-state index in [0.29, 0.717) is 11.3 Å². The minimum atomic E-state index is -0.424. The van der Waals surface area contributed by atoms with E-state index in [1.165, 1.54) is 12.1 Å². The van der Waals surface area contributed by atoms with Crippen molar-refractivity contribution in [3.63, 3.8) is 0 Å². The highest BCUT2D eigenvalue weighted by Crippen LogP contribution is 2.28. The molecule has 0 bridgehead atoms. The van der Waals surface area contributed by atoms with Crippen LogP contribution in [0.4, 0.5) is 4.39 Å². The molecule has 90 valence electrons. The molecule has 1 heterocycles. The Morgan fingerprint density at radius 1 is 1.33 bits per heavy atom. The van der Waals surface area contributed by atoms with Gasteiger partial charge in [0.05, 0.1) is 17.6 Å². The monoisotopic (exact) mass is 243 g/mol. The van der Waals surface area contributed by atoms with Crippen LogP contribution in [0.15, 0.2) is 30.6 Å². The van der Waals surface area contributed by atoms with Crippen LogP contribution >= 0.6 is 0 Å². The van der Waals surface area contributed by atoms with Gasteiger partial charge in [0.25, 0.3) is 0 Å². The van der Waals surface area contributed by atoms with Crippen LogP contribution < -0.4 is 4.74 Å². The highest BCUT2D eigenvalue weighted by molar-refractivity contribution is 5.66. The van der Waals surface area contributed by atoms with Crippen molar-refractivity contribution in [3.05, 3.63) is 42.1 Å². The molecule has 1 aromatic heterocycles. The Labute approximate surface area is 104 Å². The largest absolute Gasteiger partial charge is 0.478 e. The summed E-state index contributed by atoms with van der Waals surface area (Å²) in [5, 5.41) is 8.50. The van der Waals surface area contributed by atoms with Gasteiger partial charge in [0.15, 0.2) is 6.61 Å². The van der Waals surface area contributed by atoms with E-state index in [1.807, 2.05) is 13.0 Å². The molecule has 0 fully saturated rings. The van der Waals surface area contributed by atoms with Gasteiger partial charge >= 0.3 is 0 Å². The molecule has 0 N–H and O–H groups in total. The molecule has 0 unspecified atom stereocenters. The van der Waals surface area contributed by atoms with Gasteiger partial charge in [0, 0.05) is 17.8 Å². The number of aromatic nitrogens is 2. The van der Waals surface area contributed by atoms with Crippen LogP contribution in [0.3, 0.4) is 0 Å². The number of ether oxygens (including phenoxy) is 1. The van der Waals surface area contributed by atoms with Crippen LogP contribution in [-0.4, -0.2) is 16.6 Å². The van der Waals surface area contributed by atoms with E-state index in [0.717, 1.165) is 5.69 Å². The molecule has 2 aromatic rings. The van der Waals surface area contributed by atoms with Crippen LogP contribution in [0.1, 0.15) is 5.69 Å². The van der Waals surface area contributed by atoms with Crippen LogP contribution in [0, 0.1) is 24.1 Å². The number of rotatable bonds is 3. The highest BCUT2D eigenvalue weighted by atomic mass is 19.1. The fourth-order valence-electron chi connectivity index (χ4n) is 1.47. The maximum atomic E-state index is 13.2. The average molecular weight is 243 g/mol. The van der Waals surface area contributed by atoms with Gasteiger partial charge in [-0.15, -0.1) is 0 Å². The summed E-state index contributed by atoms with van der Waals surface area (Å²) in [6.07, 6.45) is 3.20. The van der Waals surface area contributed by atoms with Crippen molar-refractivity contribution in [1.29, 1.82) is 5.26 Å². The number of benzene rings is 1. The van der Waals surface area contributed by atoms with Crippen molar-refractivity contribution in [2.75, 3.05) is 6.61 Å². The van der Waals surface area contributed by atoms with E-state index in [9.17, 15) is 4.39 Å². The van der Waals surface area contributed by atoms with Crippen molar-refractivity contribution in [1.82, 2.24) is 9.97 Å². The van der Waals surface area contributed by atoms with Crippen molar-refractivity contribution >= 4 is 0 Å². The Bertz CT molecular complexity index is 590. The molecule has 1 aromatic carbocycles. The van der Waals surface area contributed by atoms with Gasteiger partial charge in [-0.2, -0.15) is 5.26 Å². The molecule has 0 amide bonds. The third-order valence-corrected chi connectivity index (χ3v) is 2.29. The molecule has 0 spiro atoms. The Morgan fingerprint density at radius 2 is 2.17 bits per heavy atom. The molecule has 4 nitrogen and oxygen atoms in total. The first kappa shape index (κ1) is 12.0. The Morgan fingerprint density at radius 3 is 2.83 bits per heavy atom. The third-order valence-electron chi connectivity index (χ3n) is 2.29. The summed E-state index contributed by atoms with van der Waals surface area (Å²) in [4.78, 5) is 8.32. The summed E-state index contributed by atoms with van der Waals surface area (Å²) in [6.45, 7) is 1.68. The smallest absolute Gasteiger partial charge is 0.174 e. The van der Waals surface area contributed by atoms with Crippen LogP contribution in [-0.2, 0) is 0 Å². The molecule has 0 atom stereocenters. The average Bonchev–Trinajstić information content (AvgIpc) is 2.38.